The molecule has 3 amide bonds. The molecule has 10 heteroatoms. The molecule has 0 radical (unpaired) electrons. The first-order valence-corrected chi connectivity index (χ1v) is 13.1. The van der Waals surface area contributed by atoms with Crippen LogP contribution in [0.1, 0.15) is 65.0 Å². The highest BCUT2D eigenvalue weighted by Crippen LogP contribution is 2.44. The molecule has 41 heavy (non-hydrogen) atoms. The van der Waals surface area contributed by atoms with E-state index < -0.39 is 47.9 Å². The predicted molar refractivity (Wildman–Crippen MR) is 145 cm³/mol. The van der Waals surface area contributed by atoms with E-state index >= 15 is 0 Å². The molecule has 0 unspecified atom stereocenters. The molecule has 5 rings (SSSR count). The number of rotatable bonds is 7. The van der Waals surface area contributed by atoms with E-state index in [1.54, 1.807) is 32.9 Å². The summed E-state index contributed by atoms with van der Waals surface area (Å²) in [6, 6.07) is 20.0. The lowest BCUT2D eigenvalue weighted by molar-refractivity contribution is -0.174. The van der Waals surface area contributed by atoms with E-state index in [1.165, 1.54) is 12.1 Å². The molecule has 210 valence electrons. The molecule has 10 nitrogen and oxygen atoms in total. The molecule has 1 aliphatic heterocycles. The van der Waals surface area contributed by atoms with Gasteiger partial charge in [-0.1, -0.05) is 65.7 Å². The smallest absolute Gasteiger partial charge is 0.407 e. The van der Waals surface area contributed by atoms with E-state index in [0.29, 0.717) is 5.06 Å². The first kappa shape index (κ1) is 27.6. The van der Waals surface area contributed by atoms with Gasteiger partial charge in [0.15, 0.2) is 0 Å². The van der Waals surface area contributed by atoms with Crippen LogP contribution in [-0.4, -0.2) is 53.2 Å². The monoisotopic (exact) mass is 556 g/mol. The fourth-order valence-corrected chi connectivity index (χ4v) is 4.93. The molecule has 1 aliphatic carbocycles. The highest BCUT2D eigenvalue weighted by molar-refractivity contribution is 6.21. The second-order valence-electron chi connectivity index (χ2n) is 10.7. The lowest BCUT2D eigenvalue weighted by Gasteiger charge is -2.23. The van der Waals surface area contributed by atoms with Gasteiger partial charge in [0.05, 0.1) is 17.5 Å². The van der Waals surface area contributed by atoms with Gasteiger partial charge in [0.1, 0.15) is 18.2 Å². The molecule has 2 aliphatic rings. The van der Waals surface area contributed by atoms with Gasteiger partial charge in [-0.25, -0.2) is 9.59 Å². The van der Waals surface area contributed by atoms with E-state index in [0.717, 1.165) is 22.3 Å². The van der Waals surface area contributed by atoms with Gasteiger partial charge in [-0.3, -0.25) is 14.4 Å². The minimum atomic E-state index is -1.61. The number of amides is 3. The molecule has 0 saturated carbocycles. The Morgan fingerprint density at radius 3 is 1.80 bits per heavy atom. The van der Waals surface area contributed by atoms with Crippen LogP contribution in [0.25, 0.3) is 11.1 Å². The summed E-state index contributed by atoms with van der Waals surface area (Å²) in [6.07, 6.45) is -1.61. The van der Waals surface area contributed by atoms with E-state index in [1.807, 2.05) is 48.5 Å². The van der Waals surface area contributed by atoms with Crippen molar-refractivity contribution in [2.24, 2.45) is 0 Å². The van der Waals surface area contributed by atoms with Crippen molar-refractivity contribution < 1.29 is 38.3 Å². The Morgan fingerprint density at radius 2 is 1.29 bits per heavy atom. The van der Waals surface area contributed by atoms with Crippen molar-refractivity contribution in [3.05, 3.63) is 95.1 Å². The molecule has 0 spiro atoms. The molecular weight excluding hydrogens is 528 g/mol. The lowest BCUT2D eigenvalue weighted by atomic mass is 9.98. The second kappa shape index (κ2) is 10.9. The number of nitrogens with one attached hydrogen (secondary N) is 1. The van der Waals surface area contributed by atoms with Crippen LogP contribution in [0.2, 0.25) is 0 Å². The van der Waals surface area contributed by atoms with Gasteiger partial charge in [0, 0.05) is 5.92 Å². The molecule has 0 aromatic heterocycles. The summed E-state index contributed by atoms with van der Waals surface area (Å²) in [6.45, 7) is 4.91. The lowest BCUT2D eigenvalue weighted by Crippen LogP contribution is -2.47. The average Bonchev–Trinajstić information content (AvgIpc) is 3.38. The third kappa shape index (κ3) is 5.67. The summed E-state index contributed by atoms with van der Waals surface area (Å²) in [7, 11) is 0. The minimum absolute atomic E-state index is 0.0352. The first-order valence-electron chi connectivity index (χ1n) is 13.1. The molecule has 0 bridgehead atoms. The number of hydrogen-bond donors (Lipinski definition) is 1. The molecule has 0 fully saturated rings. The van der Waals surface area contributed by atoms with Crippen molar-refractivity contribution in [2.75, 3.05) is 6.61 Å². The Hall–Kier alpha value is -4.99. The van der Waals surface area contributed by atoms with Crippen LogP contribution in [0, 0.1) is 0 Å². The number of esters is 1. The summed E-state index contributed by atoms with van der Waals surface area (Å²) >= 11 is 0. The summed E-state index contributed by atoms with van der Waals surface area (Å²) in [4.78, 5) is 69.0. The second-order valence-corrected chi connectivity index (χ2v) is 10.7. The van der Waals surface area contributed by atoms with Gasteiger partial charge in [0.25, 0.3) is 11.8 Å². The number of nitrogens with zero attached hydrogens (tertiary/aromatic N) is 1. The number of fused-ring (bicyclic) bond motifs is 4. The maximum Gasteiger partial charge on any atom is 0.407 e. The molecule has 3 aromatic carbocycles. The molecular formula is C31H28N2O8. The van der Waals surface area contributed by atoms with Crippen LogP contribution in [0.15, 0.2) is 72.8 Å². The van der Waals surface area contributed by atoms with Crippen molar-refractivity contribution >= 4 is 29.8 Å². The third-order valence-electron chi connectivity index (χ3n) is 6.65. The zero-order valence-electron chi connectivity index (χ0n) is 22.7. The maximum atomic E-state index is 13.1. The first-order chi connectivity index (χ1) is 19.5. The number of hydrogen-bond acceptors (Lipinski definition) is 8. The van der Waals surface area contributed by atoms with E-state index in [2.05, 4.69) is 5.32 Å². The quantitative estimate of drug-likeness (QED) is 0.335. The van der Waals surface area contributed by atoms with Crippen LogP contribution in [0.3, 0.4) is 0 Å². The van der Waals surface area contributed by atoms with E-state index in [9.17, 15) is 24.0 Å². The summed E-state index contributed by atoms with van der Waals surface area (Å²) in [5, 5.41) is 2.66. The highest BCUT2D eigenvalue weighted by Gasteiger charge is 2.41. The Kier molecular flexibility index (Phi) is 7.32. The Labute approximate surface area is 236 Å². The third-order valence-corrected chi connectivity index (χ3v) is 6.65. The van der Waals surface area contributed by atoms with Gasteiger partial charge < -0.3 is 19.6 Å². The van der Waals surface area contributed by atoms with Crippen molar-refractivity contribution in [1.82, 2.24) is 10.4 Å². The molecule has 1 N–H and O–H groups in total. The average molecular weight is 557 g/mol. The Balaban J connectivity index is 1.29. The number of carbonyl (C=O) groups excluding carboxylic acids is 5. The molecule has 3 aromatic rings. The Morgan fingerprint density at radius 1 is 0.805 bits per heavy atom. The predicted octanol–water partition coefficient (Wildman–Crippen LogP) is 4.38. The topological polar surface area (TPSA) is 128 Å². The standard InChI is InChI=1S/C31H28N2O8/c1-31(2,3)40-26(34)16-25(29(37)41-33-27(35)22-14-8-9-15-23(22)28(33)36)32-30(38)39-17-24-20-12-6-4-10-18(20)19-11-5-7-13-21(19)24/h4-15,24-25H,16-17H2,1-3H3,(H,32,38)/t25-/m0/s1. The number of alkyl carbamates (subject to hydrolysis) is 1. The maximum absolute atomic E-state index is 13.1. The van der Waals surface area contributed by atoms with Crippen LogP contribution in [-0.2, 0) is 23.9 Å². The Bertz CT molecular complexity index is 1480. The number of imide groups is 1. The van der Waals surface area contributed by atoms with Crippen LogP contribution >= 0.6 is 0 Å². The van der Waals surface area contributed by atoms with Crippen LogP contribution < -0.4 is 5.32 Å². The van der Waals surface area contributed by atoms with E-state index in [-0.39, 0.29) is 23.7 Å². The molecule has 0 saturated heterocycles. The largest absolute Gasteiger partial charge is 0.460 e. The highest BCUT2D eigenvalue weighted by atomic mass is 16.7. The molecule has 1 heterocycles. The minimum Gasteiger partial charge on any atom is -0.460 e. The van der Waals surface area contributed by atoms with Gasteiger partial charge >= 0.3 is 18.0 Å². The fraction of sp³-hybridized carbons (Fsp3) is 0.258. The number of ether oxygens (including phenoxy) is 2. The number of carbonyl (C=O) groups is 5. The summed E-state index contributed by atoms with van der Waals surface area (Å²) < 4.78 is 10.8. The van der Waals surface area contributed by atoms with Gasteiger partial charge in [0.2, 0.25) is 0 Å². The van der Waals surface area contributed by atoms with Gasteiger partial charge in [-0.2, -0.15) is 0 Å². The fourth-order valence-electron chi connectivity index (χ4n) is 4.93. The van der Waals surface area contributed by atoms with Gasteiger partial charge in [-0.15, -0.1) is 0 Å². The van der Waals surface area contributed by atoms with Crippen molar-refractivity contribution in [3.63, 3.8) is 0 Å². The van der Waals surface area contributed by atoms with Gasteiger partial charge in [-0.05, 0) is 55.2 Å². The normalized spacial score (nSPS) is 14.6. The molecule has 1 atom stereocenters. The van der Waals surface area contributed by atoms with Crippen molar-refractivity contribution in [3.8, 4) is 11.1 Å². The van der Waals surface area contributed by atoms with Crippen LogP contribution in [0.5, 0.6) is 0 Å². The van der Waals surface area contributed by atoms with Crippen LogP contribution in [0.4, 0.5) is 4.79 Å². The SMILES string of the molecule is CC(C)(C)OC(=O)C[C@H](NC(=O)OCC1c2ccccc2-c2ccccc21)C(=O)ON1C(=O)c2ccccc2C1=O. The zero-order chi connectivity index (χ0) is 29.3. The summed E-state index contributed by atoms with van der Waals surface area (Å²) in [5.41, 5.74) is 3.36. The summed E-state index contributed by atoms with van der Waals surface area (Å²) in [5.74, 6) is -3.92. The van der Waals surface area contributed by atoms with Crippen molar-refractivity contribution in [1.29, 1.82) is 0 Å². The van der Waals surface area contributed by atoms with Crippen molar-refractivity contribution in [2.45, 2.75) is 44.8 Å². The number of benzene rings is 3. The van der Waals surface area contributed by atoms with E-state index in [4.69, 9.17) is 14.3 Å². The number of hydroxylamine groups is 2. The zero-order valence-corrected chi connectivity index (χ0v) is 22.7.